The first-order valence-electron chi connectivity index (χ1n) is 5.06. The molecule has 1 aliphatic heterocycles. The van der Waals surface area contributed by atoms with Crippen LogP contribution in [0, 0.1) is 5.92 Å². The van der Waals surface area contributed by atoms with Crippen LogP contribution in [0.25, 0.3) is 0 Å². The largest absolute Gasteiger partial charge is 0.340 e. The van der Waals surface area contributed by atoms with Crippen LogP contribution >= 0.6 is 0 Å². The van der Waals surface area contributed by atoms with E-state index in [1.165, 1.54) is 12.7 Å². The molecule has 1 fully saturated rings. The number of rotatable bonds is 4. The minimum Gasteiger partial charge on any atom is -0.340 e. The number of hydrogen-bond donors (Lipinski definition) is 1. The third-order valence-corrected chi connectivity index (χ3v) is 2.75. The summed E-state index contributed by atoms with van der Waals surface area (Å²) in [4.78, 5) is 6.39. The van der Waals surface area contributed by atoms with Crippen molar-refractivity contribution >= 4 is 0 Å². The molecule has 0 bridgehead atoms. The van der Waals surface area contributed by atoms with Gasteiger partial charge in [0.15, 0.2) is 6.33 Å². The fourth-order valence-corrected chi connectivity index (χ4v) is 1.87. The average Bonchev–Trinajstić information content (AvgIpc) is 2.86. The van der Waals surface area contributed by atoms with Crippen molar-refractivity contribution in [1.29, 1.82) is 0 Å². The zero-order chi connectivity index (χ0) is 9.80. The van der Waals surface area contributed by atoms with Gasteiger partial charge >= 0.3 is 0 Å². The van der Waals surface area contributed by atoms with E-state index in [2.05, 4.69) is 15.0 Å². The molecule has 1 aromatic rings. The highest BCUT2D eigenvalue weighted by Crippen LogP contribution is 2.14. The molecule has 2 heterocycles. The lowest BCUT2D eigenvalue weighted by molar-refractivity contribution is 0.303. The highest BCUT2D eigenvalue weighted by atomic mass is 16.5. The summed E-state index contributed by atoms with van der Waals surface area (Å²) in [5.41, 5.74) is 5.62. The molecule has 0 saturated carbocycles. The van der Waals surface area contributed by atoms with Crippen LogP contribution in [0.15, 0.2) is 10.9 Å². The summed E-state index contributed by atoms with van der Waals surface area (Å²) in [5, 5.41) is 3.57. The molecule has 0 spiro atoms. The normalized spacial score (nSPS) is 23.1. The summed E-state index contributed by atoms with van der Waals surface area (Å²) >= 11 is 0. The Balaban J connectivity index is 1.72. The monoisotopic (exact) mass is 196 g/mol. The van der Waals surface area contributed by atoms with E-state index in [4.69, 9.17) is 10.3 Å². The van der Waals surface area contributed by atoms with E-state index in [0.717, 1.165) is 38.5 Å². The fourth-order valence-electron chi connectivity index (χ4n) is 1.87. The van der Waals surface area contributed by atoms with Crippen LogP contribution in [0.3, 0.4) is 0 Å². The Labute approximate surface area is 83.3 Å². The molecule has 1 aliphatic rings. The lowest BCUT2D eigenvalue weighted by atomic mass is 10.1. The maximum Gasteiger partial charge on any atom is 0.227 e. The Hall–Kier alpha value is -0.940. The molecule has 1 saturated heterocycles. The van der Waals surface area contributed by atoms with Gasteiger partial charge < -0.3 is 15.2 Å². The summed E-state index contributed by atoms with van der Waals surface area (Å²) in [6.07, 6.45) is 3.51. The zero-order valence-electron chi connectivity index (χ0n) is 8.22. The first-order chi connectivity index (χ1) is 6.88. The second-order valence-corrected chi connectivity index (χ2v) is 3.78. The Bertz CT molecular complexity index is 262. The van der Waals surface area contributed by atoms with Crippen molar-refractivity contribution in [2.24, 2.45) is 11.7 Å². The number of aromatic nitrogens is 2. The van der Waals surface area contributed by atoms with Crippen molar-refractivity contribution in [3.05, 3.63) is 12.2 Å². The summed E-state index contributed by atoms with van der Waals surface area (Å²) in [5.74, 6) is 1.40. The molecule has 5 nitrogen and oxygen atoms in total. The Morgan fingerprint density at radius 2 is 2.57 bits per heavy atom. The highest BCUT2D eigenvalue weighted by Gasteiger charge is 2.20. The van der Waals surface area contributed by atoms with E-state index in [9.17, 15) is 0 Å². The molecule has 5 heteroatoms. The molecule has 1 atom stereocenters. The maximum absolute atomic E-state index is 5.62. The van der Waals surface area contributed by atoms with Crippen LogP contribution in [-0.2, 0) is 6.42 Å². The first kappa shape index (κ1) is 9.61. The summed E-state index contributed by atoms with van der Waals surface area (Å²) in [7, 11) is 0. The lowest BCUT2D eigenvalue weighted by Gasteiger charge is -2.13. The van der Waals surface area contributed by atoms with Crippen molar-refractivity contribution in [2.45, 2.75) is 12.8 Å². The first-order valence-corrected chi connectivity index (χ1v) is 5.06. The van der Waals surface area contributed by atoms with Gasteiger partial charge in [-0.05, 0) is 25.4 Å². The second-order valence-electron chi connectivity index (χ2n) is 3.78. The maximum atomic E-state index is 5.62. The van der Waals surface area contributed by atoms with Crippen molar-refractivity contribution in [1.82, 2.24) is 15.0 Å². The van der Waals surface area contributed by atoms with E-state index in [1.807, 2.05) is 0 Å². The van der Waals surface area contributed by atoms with Crippen LogP contribution < -0.4 is 5.73 Å². The highest BCUT2D eigenvalue weighted by molar-refractivity contribution is 4.80. The smallest absolute Gasteiger partial charge is 0.227 e. The second kappa shape index (κ2) is 4.52. The minimum atomic E-state index is 0.678. The molecule has 14 heavy (non-hydrogen) atoms. The van der Waals surface area contributed by atoms with Gasteiger partial charge in [-0.2, -0.15) is 4.98 Å². The minimum absolute atomic E-state index is 0.678. The Morgan fingerprint density at radius 1 is 1.64 bits per heavy atom. The molecule has 0 amide bonds. The van der Waals surface area contributed by atoms with Gasteiger partial charge in [-0.1, -0.05) is 5.16 Å². The number of nitrogens with two attached hydrogens (primary N) is 1. The third kappa shape index (κ3) is 2.30. The standard InChI is InChI=1S/C9H16N4O/c10-5-8-1-3-13(6-8)4-2-9-11-7-12-14-9/h7-8H,1-6,10H2. The molecule has 0 radical (unpaired) electrons. The average molecular weight is 196 g/mol. The van der Waals surface area contributed by atoms with Crippen molar-refractivity contribution < 1.29 is 4.52 Å². The predicted molar refractivity (Wildman–Crippen MR) is 51.6 cm³/mol. The molecule has 0 aromatic carbocycles. The molecular formula is C9H16N4O. The quantitative estimate of drug-likeness (QED) is 0.728. The molecule has 1 aromatic heterocycles. The van der Waals surface area contributed by atoms with Gasteiger partial charge in [-0.3, -0.25) is 0 Å². The van der Waals surface area contributed by atoms with Crippen molar-refractivity contribution in [2.75, 3.05) is 26.2 Å². The van der Waals surface area contributed by atoms with E-state index in [-0.39, 0.29) is 0 Å². The van der Waals surface area contributed by atoms with Crippen molar-refractivity contribution in [3.8, 4) is 0 Å². The molecule has 2 N–H and O–H groups in total. The van der Waals surface area contributed by atoms with Gasteiger partial charge in [0.2, 0.25) is 5.89 Å². The number of hydrogen-bond acceptors (Lipinski definition) is 5. The van der Waals surface area contributed by atoms with E-state index in [1.54, 1.807) is 0 Å². The molecular weight excluding hydrogens is 180 g/mol. The van der Waals surface area contributed by atoms with E-state index < -0.39 is 0 Å². The summed E-state index contributed by atoms with van der Waals surface area (Å²) in [6, 6.07) is 0. The van der Waals surface area contributed by atoms with Crippen LogP contribution in [0.4, 0.5) is 0 Å². The number of nitrogens with zero attached hydrogens (tertiary/aromatic N) is 3. The Morgan fingerprint density at radius 3 is 3.21 bits per heavy atom. The van der Waals surface area contributed by atoms with E-state index >= 15 is 0 Å². The van der Waals surface area contributed by atoms with Crippen LogP contribution in [0.2, 0.25) is 0 Å². The van der Waals surface area contributed by atoms with Gasteiger partial charge in [0.25, 0.3) is 0 Å². The van der Waals surface area contributed by atoms with Crippen molar-refractivity contribution in [3.63, 3.8) is 0 Å². The summed E-state index contributed by atoms with van der Waals surface area (Å²) < 4.78 is 4.93. The summed E-state index contributed by atoms with van der Waals surface area (Å²) in [6.45, 7) is 4.07. The van der Waals surface area contributed by atoms with Gasteiger partial charge in [-0.15, -0.1) is 0 Å². The fraction of sp³-hybridized carbons (Fsp3) is 0.778. The van der Waals surface area contributed by atoms with Crippen LogP contribution in [0.1, 0.15) is 12.3 Å². The molecule has 2 rings (SSSR count). The lowest BCUT2D eigenvalue weighted by Crippen LogP contribution is -2.25. The Kier molecular flexibility index (Phi) is 3.10. The van der Waals surface area contributed by atoms with Gasteiger partial charge in [0.1, 0.15) is 0 Å². The van der Waals surface area contributed by atoms with Gasteiger partial charge in [-0.25, -0.2) is 0 Å². The van der Waals surface area contributed by atoms with E-state index in [0.29, 0.717) is 5.92 Å². The SMILES string of the molecule is NCC1CCN(CCc2ncno2)C1. The predicted octanol–water partition coefficient (Wildman–Crippen LogP) is -0.107. The molecule has 0 aliphatic carbocycles. The third-order valence-electron chi connectivity index (χ3n) is 2.75. The zero-order valence-corrected chi connectivity index (χ0v) is 8.22. The molecule has 1 unspecified atom stereocenters. The van der Waals surface area contributed by atoms with Crippen LogP contribution in [-0.4, -0.2) is 41.2 Å². The topological polar surface area (TPSA) is 68.2 Å². The molecule has 78 valence electrons. The van der Waals surface area contributed by atoms with Crippen LogP contribution in [0.5, 0.6) is 0 Å². The number of likely N-dealkylation sites (tertiary alicyclic amines) is 1. The van der Waals surface area contributed by atoms with Gasteiger partial charge in [0, 0.05) is 19.5 Å². The van der Waals surface area contributed by atoms with Gasteiger partial charge in [0.05, 0.1) is 0 Å².